The van der Waals surface area contributed by atoms with E-state index < -0.39 is 10.0 Å². The second-order valence-corrected chi connectivity index (χ2v) is 8.73. The van der Waals surface area contributed by atoms with Crippen molar-refractivity contribution < 1.29 is 8.42 Å². The highest BCUT2D eigenvalue weighted by molar-refractivity contribution is 7.88. The first kappa shape index (κ1) is 19.7. The van der Waals surface area contributed by atoms with Crippen molar-refractivity contribution in [2.24, 2.45) is 10.7 Å². The van der Waals surface area contributed by atoms with Gasteiger partial charge in [-0.05, 0) is 37.8 Å². The number of hydrogen-bond acceptors (Lipinski definition) is 3. The average Bonchev–Trinajstić information content (AvgIpc) is 2.53. The first-order valence-corrected chi connectivity index (χ1v) is 10.6. The second kappa shape index (κ2) is 9.20. The van der Waals surface area contributed by atoms with Crippen molar-refractivity contribution in [2.45, 2.75) is 70.3 Å². The molecule has 0 heterocycles. The fourth-order valence-corrected chi connectivity index (χ4v) is 4.62. The highest BCUT2D eigenvalue weighted by atomic mass is 32.2. The Labute approximate surface area is 151 Å². The Balaban J connectivity index is 2.01. The monoisotopic (exact) mass is 366 g/mol. The molecule has 6 nitrogen and oxygen atoms in total. The molecule has 0 saturated heterocycles. The van der Waals surface area contributed by atoms with Crippen molar-refractivity contribution >= 4 is 16.0 Å². The Bertz CT molecular complexity index is 680. The van der Waals surface area contributed by atoms with E-state index in [1.54, 1.807) is 0 Å². The van der Waals surface area contributed by atoms with Crippen LogP contribution in [0.3, 0.4) is 0 Å². The van der Waals surface area contributed by atoms with Crippen LogP contribution in [0.5, 0.6) is 0 Å². The van der Waals surface area contributed by atoms with Gasteiger partial charge in [0.05, 0.1) is 12.3 Å². The molecule has 1 fully saturated rings. The number of nitrogens with one attached hydrogen (secondary N) is 2. The van der Waals surface area contributed by atoms with Crippen molar-refractivity contribution in [3.8, 4) is 0 Å². The molecule has 0 unspecified atom stereocenters. The van der Waals surface area contributed by atoms with E-state index in [1.807, 2.05) is 38.1 Å². The Morgan fingerprint density at radius 1 is 1.20 bits per heavy atom. The maximum absolute atomic E-state index is 12.2. The molecular weight excluding hydrogens is 336 g/mol. The van der Waals surface area contributed by atoms with Gasteiger partial charge in [-0.2, -0.15) is 0 Å². The van der Waals surface area contributed by atoms with Crippen molar-refractivity contribution in [2.75, 3.05) is 0 Å². The third kappa shape index (κ3) is 7.04. The first-order chi connectivity index (χ1) is 11.9. The molecule has 140 valence electrons. The van der Waals surface area contributed by atoms with Crippen LogP contribution in [-0.4, -0.2) is 26.5 Å². The van der Waals surface area contributed by atoms with E-state index in [4.69, 9.17) is 5.73 Å². The van der Waals surface area contributed by atoms with Gasteiger partial charge in [0.15, 0.2) is 5.96 Å². The maximum atomic E-state index is 12.2. The van der Waals surface area contributed by atoms with Gasteiger partial charge in [-0.3, -0.25) is 0 Å². The molecule has 4 N–H and O–H groups in total. The lowest BCUT2D eigenvalue weighted by molar-refractivity contribution is 0.412. The van der Waals surface area contributed by atoms with Crippen LogP contribution >= 0.6 is 0 Å². The highest BCUT2D eigenvalue weighted by Crippen LogP contribution is 2.17. The molecule has 1 aromatic carbocycles. The molecule has 0 bridgehead atoms. The quantitative estimate of drug-likeness (QED) is 0.509. The number of aliphatic imine (C=N–C) groups is 1. The third-order valence-electron chi connectivity index (χ3n) is 4.26. The zero-order valence-corrected chi connectivity index (χ0v) is 16.0. The van der Waals surface area contributed by atoms with Crippen LogP contribution in [-0.2, 0) is 22.3 Å². The topological polar surface area (TPSA) is 96.6 Å². The van der Waals surface area contributed by atoms with Crippen LogP contribution in [0.25, 0.3) is 0 Å². The van der Waals surface area contributed by atoms with Gasteiger partial charge in [-0.25, -0.2) is 18.1 Å². The van der Waals surface area contributed by atoms with Gasteiger partial charge in [0.25, 0.3) is 0 Å². The van der Waals surface area contributed by atoms with Crippen molar-refractivity contribution in [1.82, 2.24) is 10.0 Å². The molecule has 1 aliphatic rings. The number of rotatable bonds is 7. The summed E-state index contributed by atoms with van der Waals surface area (Å²) >= 11 is 0. The van der Waals surface area contributed by atoms with Crippen LogP contribution in [0.2, 0.25) is 0 Å². The molecule has 1 aromatic rings. The fourth-order valence-electron chi connectivity index (χ4n) is 3.13. The van der Waals surface area contributed by atoms with E-state index in [0.29, 0.717) is 18.5 Å². The number of nitrogens with zero attached hydrogens (tertiary/aromatic N) is 1. The molecule has 2 rings (SSSR count). The van der Waals surface area contributed by atoms with Gasteiger partial charge in [-0.1, -0.05) is 43.5 Å². The minimum Gasteiger partial charge on any atom is -0.370 e. The Morgan fingerprint density at radius 2 is 1.84 bits per heavy atom. The van der Waals surface area contributed by atoms with E-state index >= 15 is 0 Å². The molecule has 0 amide bonds. The Hall–Kier alpha value is -1.60. The number of sulfonamides is 1. The molecule has 1 saturated carbocycles. The smallest absolute Gasteiger partial charge is 0.216 e. The number of nitrogens with two attached hydrogens (primary N) is 1. The summed E-state index contributed by atoms with van der Waals surface area (Å²) in [7, 11) is -3.36. The van der Waals surface area contributed by atoms with Crippen molar-refractivity contribution in [1.29, 1.82) is 0 Å². The van der Waals surface area contributed by atoms with E-state index in [-0.39, 0.29) is 11.8 Å². The van der Waals surface area contributed by atoms with Gasteiger partial charge < -0.3 is 11.1 Å². The lowest BCUT2D eigenvalue weighted by atomic mass is 9.96. The minimum absolute atomic E-state index is 0.0488. The van der Waals surface area contributed by atoms with Crippen molar-refractivity contribution in [3.63, 3.8) is 0 Å². The lowest BCUT2D eigenvalue weighted by Gasteiger charge is -2.23. The maximum Gasteiger partial charge on any atom is 0.216 e. The predicted octanol–water partition coefficient (Wildman–Crippen LogP) is 2.25. The summed E-state index contributed by atoms with van der Waals surface area (Å²) < 4.78 is 27.0. The molecule has 0 aliphatic heterocycles. The van der Waals surface area contributed by atoms with Crippen LogP contribution < -0.4 is 15.8 Å². The van der Waals surface area contributed by atoms with E-state index in [2.05, 4.69) is 15.0 Å². The molecule has 25 heavy (non-hydrogen) atoms. The van der Waals surface area contributed by atoms with Crippen molar-refractivity contribution in [3.05, 3.63) is 35.4 Å². The third-order valence-corrected chi connectivity index (χ3v) is 5.78. The zero-order chi connectivity index (χ0) is 18.3. The minimum atomic E-state index is -3.36. The predicted molar refractivity (Wildman–Crippen MR) is 103 cm³/mol. The molecule has 1 aliphatic carbocycles. The summed E-state index contributed by atoms with van der Waals surface area (Å²) in [5, 5.41) is 3.28. The second-order valence-electron chi connectivity index (χ2n) is 6.98. The summed E-state index contributed by atoms with van der Waals surface area (Å²) in [6.07, 6.45) is 6.02. The first-order valence-electron chi connectivity index (χ1n) is 8.99. The molecule has 7 heteroatoms. The van der Waals surface area contributed by atoms with Crippen LogP contribution in [0.4, 0.5) is 0 Å². The highest BCUT2D eigenvalue weighted by Gasteiger charge is 2.16. The SMILES string of the molecule is CC(C)NS(=O)(=O)Cc1ccccc1CN=C(N)NC1CCCCC1. The number of guanidine groups is 1. The largest absolute Gasteiger partial charge is 0.370 e. The molecule has 0 spiro atoms. The Kier molecular flexibility index (Phi) is 7.25. The molecule has 0 atom stereocenters. The van der Waals surface area contributed by atoms with Gasteiger partial charge in [0.2, 0.25) is 10.0 Å². The van der Waals surface area contributed by atoms with E-state index in [9.17, 15) is 8.42 Å². The zero-order valence-electron chi connectivity index (χ0n) is 15.2. The normalized spacial score (nSPS) is 17.0. The summed E-state index contributed by atoms with van der Waals surface area (Å²) in [6.45, 7) is 4.00. The van der Waals surface area contributed by atoms with Gasteiger partial charge in [-0.15, -0.1) is 0 Å². The van der Waals surface area contributed by atoms with Crippen LogP contribution in [0, 0.1) is 0 Å². The summed E-state index contributed by atoms with van der Waals surface area (Å²) in [5.74, 6) is 0.386. The molecule has 0 aromatic heterocycles. The lowest BCUT2D eigenvalue weighted by Crippen LogP contribution is -2.41. The van der Waals surface area contributed by atoms with Gasteiger partial charge >= 0.3 is 0 Å². The summed E-state index contributed by atoms with van der Waals surface area (Å²) in [4.78, 5) is 4.41. The number of benzene rings is 1. The summed E-state index contributed by atoms with van der Waals surface area (Å²) in [6, 6.07) is 7.75. The molecule has 0 radical (unpaired) electrons. The van der Waals surface area contributed by atoms with Crippen LogP contribution in [0.1, 0.15) is 57.1 Å². The number of hydrogen-bond donors (Lipinski definition) is 3. The Morgan fingerprint density at radius 3 is 2.48 bits per heavy atom. The van der Waals surface area contributed by atoms with E-state index in [1.165, 1.54) is 19.3 Å². The fraction of sp³-hybridized carbons (Fsp3) is 0.611. The van der Waals surface area contributed by atoms with E-state index in [0.717, 1.165) is 24.0 Å². The van der Waals surface area contributed by atoms with Gasteiger partial charge in [0, 0.05) is 12.1 Å². The standard InChI is InChI=1S/C18H30N4O2S/c1-14(2)22-25(23,24)13-16-9-7-6-8-15(16)12-20-18(19)21-17-10-4-3-5-11-17/h6-9,14,17,22H,3-5,10-13H2,1-2H3,(H3,19,20,21). The summed E-state index contributed by atoms with van der Waals surface area (Å²) in [5.41, 5.74) is 7.64. The van der Waals surface area contributed by atoms with Crippen LogP contribution in [0.15, 0.2) is 29.3 Å². The molecular formula is C18H30N4O2S. The average molecular weight is 367 g/mol. The van der Waals surface area contributed by atoms with Gasteiger partial charge in [0.1, 0.15) is 0 Å².